The van der Waals surface area contributed by atoms with Crippen LogP contribution in [0.4, 0.5) is 13.2 Å². The van der Waals surface area contributed by atoms with Gasteiger partial charge >= 0.3 is 6.18 Å². The second-order valence-electron chi connectivity index (χ2n) is 4.44. The van der Waals surface area contributed by atoms with Crippen molar-refractivity contribution in [2.45, 2.75) is 44.0 Å². The molecule has 0 aliphatic carbocycles. The van der Waals surface area contributed by atoms with E-state index in [0.717, 1.165) is 11.5 Å². The Kier molecular flexibility index (Phi) is 4.94. The Balaban J connectivity index is 2.27. The van der Waals surface area contributed by atoms with Crippen LogP contribution in [0, 0.1) is 0 Å². The van der Waals surface area contributed by atoms with Crippen molar-refractivity contribution in [1.29, 1.82) is 0 Å². The quantitative estimate of drug-likeness (QED) is 0.809. The summed E-state index contributed by atoms with van der Waals surface area (Å²) in [7, 11) is 0. The van der Waals surface area contributed by atoms with Crippen LogP contribution in [0.5, 0.6) is 0 Å². The van der Waals surface area contributed by atoms with Crippen molar-refractivity contribution in [2.75, 3.05) is 18.1 Å². The number of hydrogen-bond donors (Lipinski definition) is 2. The lowest BCUT2D eigenvalue weighted by Gasteiger charge is -2.33. The molecule has 0 aromatic carbocycles. The van der Waals surface area contributed by atoms with E-state index in [1.807, 2.05) is 0 Å². The van der Waals surface area contributed by atoms with E-state index in [1.54, 1.807) is 11.8 Å². The van der Waals surface area contributed by atoms with E-state index >= 15 is 0 Å². The van der Waals surface area contributed by atoms with Crippen LogP contribution in [0.1, 0.15) is 26.2 Å². The number of alkyl halides is 3. The molecule has 0 bridgehead atoms. The van der Waals surface area contributed by atoms with E-state index in [2.05, 4.69) is 5.32 Å². The van der Waals surface area contributed by atoms with Crippen molar-refractivity contribution < 1.29 is 18.3 Å². The fourth-order valence-corrected chi connectivity index (χ4v) is 2.96. The van der Waals surface area contributed by atoms with E-state index in [0.29, 0.717) is 12.8 Å². The monoisotopic (exact) mass is 257 g/mol. The zero-order valence-electron chi connectivity index (χ0n) is 9.31. The first-order valence-corrected chi connectivity index (χ1v) is 6.56. The number of rotatable bonds is 4. The minimum absolute atomic E-state index is 0.255. The smallest absolute Gasteiger partial charge is 0.389 e. The molecule has 0 spiro atoms. The van der Waals surface area contributed by atoms with E-state index < -0.39 is 24.2 Å². The first kappa shape index (κ1) is 14.1. The van der Waals surface area contributed by atoms with Gasteiger partial charge in [0.05, 0.1) is 12.0 Å². The second kappa shape index (κ2) is 5.60. The molecule has 0 amide bonds. The Morgan fingerprint density at radius 3 is 2.44 bits per heavy atom. The highest BCUT2D eigenvalue weighted by Gasteiger charge is 2.33. The average molecular weight is 257 g/mol. The Morgan fingerprint density at radius 1 is 1.38 bits per heavy atom. The van der Waals surface area contributed by atoms with Crippen LogP contribution in [-0.4, -0.2) is 41.0 Å². The van der Waals surface area contributed by atoms with Gasteiger partial charge in [-0.15, -0.1) is 0 Å². The van der Waals surface area contributed by atoms with Crippen LogP contribution in [0.25, 0.3) is 0 Å². The number of thioether (sulfide) groups is 1. The molecule has 1 atom stereocenters. The van der Waals surface area contributed by atoms with Gasteiger partial charge in [-0.2, -0.15) is 24.9 Å². The zero-order valence-corrected chi connectivity index (χ0v) is 10.1. The maximum absolute atomic E-state index is 12.1. The van der Waals surface area contributed by atoms with Gasteiger partial charge in [0.1, 0.15) is 0 Å². The van der Waals surface area contributed by atoms with Crippen molar-refractivity contribution in [3.8, 4) is 0 Å². The molecule has 0 radical (unpaired) electrons. The van der Waals surface area contributed by atoms with Gasteiger partial charge < -0.3 is 10.4 Å². The molecular formula is C10H18F3NOS. The average Bonchev–Trinajstić information content (AvgIpc) is 2.14. The molecule has 1 unspecified atom stereocenters. The number of nitrogens with one attached hydrogen (secondary N) is 1. The maximum Gasteiger partial charge on any atom is 0.390 e. The van der Waals surface area contributed by atoms with Crippen LogP contribution in [0.2, 0.25) is 0 Å². The summed E-state index contributed by atoms with van der Waals surface area (Å²) in [5.41, 5.74) is -0.814. The van der Waals surface area contributed by atoms with Gasteiger partial charge in [0.15, 0.2) is 0 Å². The third-order valence-corrected chi connectivity index (χ3v) is 3.73. The van der Waals surface area contributed by atoms with Gasteiger partial charge in [-0.1, -0.05) is 0 Å². The molecule has 96 valence electrons. The summed E-state index contributed by atoms with van der Waals surface area (Å²) in [5.74, 6) is 1.76. The van der Waals surface area contributed by atoms with Crippen molar-refractivity contribution in [3.05, 3.63) is 0 Å². The van der Waals surface area contributed by atoms with Crippen LogP contribution in [0.3, 0.4) is 0 Å². The highest BCUT2D eigenvalue weighted by molar-refractivity contribution is 7.99. The van der Waals surface area contributed by atoms with E-state index in [4.69, 9.17) is 0 Å². The first-order valence-electron chi connectivity index (χ1n) is 5.41. The maximum atomic E-state index is 12.1. The predicted octanol–water partition coefficient (Wildman–Crippen LogP) is 2.17. The normalized spacial score (nSPS) is 23.1. The molecule has 1 fully saturated rings. The number of hydrogen-bond acceptors (Lipinski definition) is 3. The van der Waals surface area contributed by atoms with Gasteiger partial charge in [-0.3, -0.25) is 0 Å². The van der Waals surface area contributed by atoms with Crippen molar-refractivity contribution in [3.63, 3.8) is 0 Å². The molecule has 1 aliphatic heterocycles. The third kappa shape index (κ3) is 5.41. The first-order chi connectivity index (χ1) is 7.31. The summed E-state index contributed by atoms with van der Waals surface area (Å²) in [6, 6.07) is -0.640. The summed E-state index contributed by atoms with van der Waals surface area (Å²) in [4.78, 5) is 0. The SMILES string of the molecule is CC(CC(F)(F)F)NCC1(O)CCSCC1. The fraction of sp³-hybridized carbons (Fsp3) is 1.00. The Labute approximate surface area is 98.0 Å². The van der Waals surface area contributed by atoms with Crippen LogP contribution < -0.4 is 5.32 Å². The molecule has 1 heterocycles. The number of halogens is 3. The van der Waals surface area contributed by atoms with Gasteiger partial charge in [0.2, 0.25) is 0 Å². The summed E-state index contributed by atoms with van der Waals surface area (Å²) in [6.07, 6.45) is -3.68. The molecule has 0 saturated carbocycles. The summed E-state index contributed by atoms with van der Waals surface area (Å²) < 4.78 is 36.2. The molecule has 2 N–H and O–H groups in total. The molecule has 2 nitrogen and oxygen atoms in total. The largest absolute Gasteiger partial charge is 0.390 e. The topological polar surface area (TPSA) is 32.3 Å². The molecule has 0 aromatic heterocycles. The van der Waals surface area contributed by atoms with Gasteiger partial charge in [-0.25, -0.2) is 0 Å². The second-order valence-corrected chi connectivity index (χ2v) is 5.66. The zero-order chi connectivity index (χ0) is 12.2. The van der Waals surface area contributed by atoms with Crippen molar-refractivity contribution >= 4 is 11.8 Å². The fourth-order valence-electron chi connectivity index (χ4n) is 1.71. The van der Waals surface area contributed by atoms with E-state index in [9.17, 15) is 18.3 Å². The molecule has 0 aromatic rings. The number of aliphatic hydroxyl groups is 1. The van der Waals surface area contributed by atoms with Crippen molar-refractivity contribution in [1.82, 2.24) is 5.32 Å². The van der Waals surface area contributed by atoms with Crippen LogP contribution in [-0.2, 0) is 0 Å². The molecule has 6 heteroatoms. The Morgan fingerprint density at radius 2 is 1.94 bits per heavy atom. The minimum atomic E-state index is -4.14. The lowest BCUT2D eigenvalue weighted by Crippen LogP contribution is -2.46. The van der Waals surface area contributed by atoms with E-state index in [-0.39, 0.29) is 6.54 Å². The van der Waals surface area contributed by atoms with Crippen molar-refractivity contribution in [2.24, 2.45) is 0 Å². The highest BCUT2D eigenvalue weighted by atomic mass is 32.2. The van der Waals surface area contributed by atoms with Gasteiger partial charge in [0, 0.05) is 12.6 Å². The highest BCUT2D eigenvalue weighted by Crippen LogP contribution is 2.27. The Bertz CT molecular complexity index is 217. The van der Waals surface area contributed by atoms with Crippen LogP contribution in [0.15, 0.2) is 0 Å². The molecule has 1 rings (SSSR count). The molecule has 1 saturated heterocycles. The molecule has 16 heavy (non-hydrogen) atoms. The minimum Gasteiger partial charge on any atom is -0.389 e. The van der Waals surface area contributed by atoms with Gasteiger partial charge in [0.25, 0.3) is 0 Å². The molecular weight excluding hydrogens is 239 g/mol. The summed E-state index contributed by atoms with van der Waals surface area (Å²) >= 11 is 1.77. The van der Waals surface area contributed by atoms with Gasteiger partial charge in [-0.05, 0) is 31.3 Å². The Hall–Kier alpha value is 0.0600. The summed E-state index contributed by atoms with van der Waals surface area (Å²) in [6.45, 7) is 1.75. The lowest BCUT2D eigenvalue weighted by molar-refractivity contribution is -0.139. The van der Waals surface area contributed by atoms with E-state index in [1.165, 1.54) is 6.92 Å². The third-order valence-electron chi connectivity index (χ3n) is 2.74. The van der Waals surface area contributed by atoms with Crippen LogP contribution >= 0.6 is 11.8 Å². The standard InChI is InChI=1S/C10H18F3NOS/c1-8(6-10(11,12)13)14-7-9(15)2-4-16-5-3-9/h8,14-15H,2-7H2,1H3. The summed E-state index contributed by atoms with van der Waals surface area (Å²) in [5, 5.41) is 12.8. The predicted molar refractivity (Wildman–Crippen MR) is 59.6 cm³/mol. The lowest BCUT2D eigenvalue weighted by atomic mass is 9.96. The molecule has 1 aliphatic rings.